The van der Waals surface area contributed by atoms with Gasteiger partial charge in [-0.1, -0.05) is 11.6 Å². The Balaban J connectivity index is 0.00000176. The average molecular weight is 327 g/mol. The highest BCUT2D eigenvalue weighted by atomic mass is 35.5. The fourth-order valence-corrected chi connectivity index (χ4v) is 2.42. The van der Waals surface area contributed by atoms with Gasteiger partial charge in [0, 0.05) is 6.54 Å². The smallest absolute Gasteiger partial charge is 0.439 e. The van der Waals surface area contributed by atoms with Crippen molar-refractivity contribution in [3.63, 3.8) is 0 Å². The standard InChI is InChI=1S/C14H18N4O3.ClH/c19-14-16-13(17-21-14)12-5-4-11(10-15-12)20-9-8-18-6-2-1-3-7-18;/h4-5,10H,1-3,6-9H2,(H,16,17,19);1H. The Morgan fingerprint density at radius 2 is 2.09 bits per heavy atom. The molecule has 0 atom stereocenters. The van der Waals surface area contributed by atoms with Gasteiger partial charge in [0.15, 0.2) is 0 Å². The summed E-state index contributed by atoms with van der Waals surface area (Å²) in [6.07, 6.45) is 5.53. The summed E-state index contributed by atoms with van der Waals surface area (Å²) >= 11 is 0. The van der Waals surface area contributed by atoms with Crippen LogP contribution in [0.5, 0.6) is 5.75 Å². The predicted molar refractivity (Wildman–Crippen MR) is 83.4 cm³/mol. The summed E-state index contributed by atoms with van der Waals surface area (Å²) < 4.78 is 10.1. The minimum absolute atomic E-state index is 0. The van der Waals surface area contributed by atoms with Crippen LogP contribution in [0.15, 0.2) is 27.6 Å². The number of hydrogen-bond acceptors (Lipinski definition) is 6. The number of aromatic nitrogens is 3. The Hall–Kier alpha value is -1.86. The maximum Gasteiger partial charge on any atom is 0.439 e. The molecule has 0 unspecified atom stereocenters. The first-order valence-electron chi connectivity index (χ1n) is 7.19. The van der Waals surface area contributed by atoms with E-state index in [9.17, 15) is 4.79 Å². The molecule has 8 heteroatoms. The third kappa shape index (κ3) is 4.32. The summed E-state index contributed by atoms with van der Waals surface area (Å²) in [6.45, 7) is 3.93. The molecule has 1 aliphatic heterocycles. The topological polar surface area (TPSA) is 84.3 Å². The lowest BCUT2D eigenvalue weighted by Crippen LogP contribution is -2.33. The van der Waals surface area contributed by atoms with Crippen LogP contribution in [0.3, 0.4) is 0 Å². The van der Waals surface area contributed by atoms with E-state index in [2.05, 4.69) is 24.5 Å². The van der Waals surface area contributed by atoms with Crippen LogP contribution >= 0.6 is 12.4 Å². The Morgan fingerprint density at radius 1 is 1.27 bits per heavy atom. The molecule has 3 rings (SSSR count). The van der Waals surface area contributed by atoms with Gasteiger partial charge >= 0.3 is 5.76 Å². The van der Waals surface area contributed by atoms with Crippen LogP contribution in [0.2, 0.25) is 0 Å². The largest absolute Gasteiger partial charge is 0.491 e. The van der Waals surface area contributed by atoms with Crippen molar-refractivity contribution in [2.24, 2.45) is 0 Å². The van der Waals surface area contributed by atoms with Crippen LogP contribution in [-0.2, 0) is 0 Å². The van der Waals surface area contributed by atoms with Gasteiger partial charge in [-0.2, -0.15) is 0 Å². The van der Waals surface area contributed by atoms with E-state index >= 15 is 0 Å². The average Bonchev–Trinajstić information content (AvgIpc) is 2.96. The molecule has 120 valence electrons. The minimum Gasteiger partial charge on any atom is -0.491 e. The summed E-state index contributed by atoms with van der Waals surface area (Å²) in [5.74, 6) is 0.440. The summed E-state index contributed by atoms with van der Waals surface area (Å²) in [5, 5.41) is 3.59. The summed E-state index contributed by atoms with van der Waals surface area (Å²) in [7, 11) is 0. The number of rotatable bonds is 5. The van der Waals surface area contributed by atoms with Crippen LogP contribution in [0.4, 0.5) is 0 Å². The second-order valence-electron chi connectivity index (χ2n) is 5.07. The van der Waals surface area contributed by atoms with Gasteiger partial charge in [-0.15, -0.1) is 12.4 Å². The van der Waals surface area contributed by atoms with Crippen LogP contribution in [0, 0.1) is 0 Å². The number of halogens is 1. The summed E-state index contributed by atoms with van der Waals surface area (Å²) in [4.78, 5) is 20.0. The van der Waals surface area contributed by atoms with Crippen molar-refractivity contribution >= 4 is 12.4 Å². The van der Waals surface area contributed by atoms with Gasteiger partial charge in [-0.05, 0) is 38.1 Å². The third-order valence-corrected chi connectivity index (χ3v) is 3.54. The maximum atomic E-state index is 10.9. The van der Waals surface area contributed by atoms with Crippen LogP contribution in [0.25, 0.3) is 11.5 Å². The molecule has 0 amide bonds. The summed E-state index contributed by atoms with van der Waals surface area (Å²) in [6, 6.07) is 3.55. The molecule has 0 spiro atoms. The molecule has 0 bridgehead atoms. The van der Waals surface area contributed by atoms with Gasteiger partial charge < -0.3 is 4.74 Å². The first-order valence-corrected chi connectivity index (χ1v) is 7.19. The lowest BCUT2D eigenvalue weighted by molar-refractivity contribution is 0.183. The molecule has 2 aromatic rings. The number of piperidine rings is 1. The number of pyridine rings is 1. The van der Waals surface area contributed by atoms with Gasteiger partial charge in [0.2, 0.25) is 5.82 Å². The van der Waals surface area contributed by atoms with Crippen molar-refractivity contribution in [2.45, 2.75) is 19.3 Å². The minimum atomic E-state index is -0.589. The normalized spacial score (nSPS) is 15.3. The lowest BCUT2D eigenvalue weighted by Gasteiger charge is -2.26. The molecule has 3 heterocycles. The quantitative estimate of drug-likeness (QED) is 0.900. The second kappa shape index (κ2) is 7.95. The molecule has 1 N–H and O–H groups in total. The molecule has 22 heavy (non-hydrogen) atoms. The monoisotopic (exact) mass is 326 g/mol. The van der Waals surface area contributed by atoms with E-state index in [1.54, 1.807) is 12.3 Å². The number of nitrogens with one attached hydrogen (secondary N) is 1. The fourth-order valence-electron chi connectivity index (χ4n) is 2.42. The summed E-state index contributed by atoms with van der Waals surface area (Å²) in [5.41, 5.74) is 0.546. The molecule has 0 radical (unpaired) electrons. The number of H-pyrrole nitrogens is 1. The molecule has 0 aliphatic carbocycles. The molecular weight excluding hydrogens is 308 g/mol. The molecule has 7 nitrogen and oxygen atoms in total. The van der Waals surface area contributed by atoms with Crippen molar-refractivity contribution in [1.82, 2.24) is 20.0 Å². The van der Waals surface area contributed by atoms with Crippen molar-refractivity contribution in [1.29, 1.82) is 0 Å². The van der Waals surface area contributed by atoms with E-state index in [1.165, 1.54) is 32.4 Å². The SMILES string of the molecule is Cl.O=c1[nH]c(-c2ccc(OCCN3CCCCC3)cn2)no1. The van der Waals surface area contributed by atoms with E-state index in [0.29, 0.717) is 23.9 Å². The zero-order valence-corrected chi connectivity index (χ0v) is 13.0. The zero-order chi connectivity index (χ0) is 14.5. The molecule has 1 fully saturated rings. The van der Waals surface area contributed by atoms with E-state index in [1.807, 2.05) is 6.07 Å². The van der Waals surface area contributed by atoms with E-state index < -0.39 is 5.76 Å². The maximum absolute atomic E-state index is 10.9. The Kier molecular flexibility index (Phi) is 5.97. The van der Waals surface area contributed by atoms with Crippen LogP contribution < -0.4 is 10.5 Å². The molecule has 0 aromatic carbocycles. The first-order chi connectivity index (χ1) is 10.3. The second-order valence-corrected chi connectivity index (χ2v) is 5.07. The Labute approximate surface area is 134 Å². The van der Waals surface area contributed by atoms with Gasteiger partial charge in [0.05, 0.1) is 6.20 Å². The molecule has 2 aromatic heterocycles. The van der Waals surface area contributed by atoms with Gasteiger partial charge in [0.1, 0.15) is 18.1 Å². The van der Waals surface area contributed by atoms with Gasteiger partial charge in [-0.25, -0.2) is 9.78 Å². The van der Waals surface area contributed by atoms with E-state index in [0.717, 1.165) is 6.54 Å². The Bertz CT molecular complexity index is 620. The van der Waals surface area contributed by atoms with Crippen molar-refractivity contribution in [2.75, 3.05) is 26.2 Å². The predicted octanol–water partition coefficient (Wildman–Crippen LogP) is 1.71. The van der Waals surface area contributed by atoms with Gasteiger partial charge in [0.25, 0.3) is 0 Å². The van der Waals surface area contributed by atoms with Crippen molar-refractivity contribution in [3.05, 3.63) is 28.9 Å². The molecule has 0 saturated carbocycles. The zero-order valence-electron chi connectivity index (χ0n) is 12.2. The molecule has 1 saturated heterocycles. The van der Waals surface area contributed by atoms with Crippen molar-refractivity contribution < 1.29 is 9.26 Å². The highest BCUT2D eigenvalue weighted by molar-refractivity contribution is 5.85. The first kappa shape index (κ1) is 16.5. The molecule has 1 aliphatic rings. The Morgan fingerprint density at radius 3 is 2.73 bits per heavy atom. The fraction of sp³-hybridized carbons (Fsp3) is 0.500. The number of aromatic amines is 1. The highest BCUT2D eigenvalue weighted by Gasteiger charge is 2.10. The lowest BCUT2D eigenvalue weighted by atomic mass is 10.1. The van der Waals surface area contributed by atoms with Gasteiger partial charge in [-0.3, -0.25) is 14.4 Å². The molecular formula is C14H19ClN4O3. The third-order valence-electron chi connectivity index (χ3n) is 3.54. The number of hydrogen-bond donors (Lipinski definition) is 1. The van der Waals surface area contributed by atoms with Crippen LogP contribution in [-0.4, -0.2) is 46.3 Å². The van der Waals surface area contributed by atoms with E-state index in [-0.39, 0.29) is 12.4 Å². The number of likely N-dealkylation sites (tertiary alicyclic amines) is 1. The number of ether oxygens (including phenoxy) is 1. The highest BCUT2D eigenvalue weighted by Crippen LogP contribution is 2.15. The van der Waals surface area contributed by atoms with E-state index in [4.69, 9.17) is 4.74 Å². The number of nitrogens with zero attached hydrogens (tertiary/aromatic N) is 3. The van der Waals surface area contributed by atoms with Crippen LogP contribution in [0.1, 0.15) is 19.3 Å². The van der Waals surface area contributed by atoms with Crippen molar-refractivity contribution in [3.8, 4) is 17.3 Å².